The first kappa shape index (κ1) is 31.0. The molecule has 2 aliphatic heterocycles. The van der Waals surface area contributed by atoms with Crippen molar-refractivity contribution in [1.82, 2.24) is 16.0 Å². The van der Waals surface area contributed by atoms with Crippen molar-refractivity contribution < 1.29 is 48.8 Å². The van der Waals surface area contributed by atoms with Gasteiger partial charge in [0.25, 0.3) is 5.91 Å². The normalized spacial score (nSPS) is 24.9. The quantitative estimate of drug-likeness (QED) is 0.0931. The molecule has 5 amide bonds. The minimum atomic E-state index is -1.62. The monoisotopic (exact) mass is 609 g/mol. The van der Waals surface area contributed by atoms with E-state index in [0.717, 1.165) is 0 Å². The van der Waals surface area contributed by atoms with Gasteiger partial charge in [0.1, 0.15) is 41.7 Å². The van der Waals surface area contributed by atoms with Crippen LogP contribution in [0.5, 0.6) is 0 Å². The summed E-state index contributed by atoms with van der Waals surface area (Å²) in [6.07, 6.45) is -6.14. The Balaban J connectivity index is 1.24. The lowest BCUT2D eigenvalue weighted by Gasteiger charge is -2.40. The van der Waals surface area contributed by atoms with Gasteiger partial charge in [-0.05, 0) is 42.5 Å². The van der Waals surface area contributed by atoms with E-state index in [1.165, 1.54) is 24.3 Å². The van der Waals surface area contributed by atoms with Crippen molar-refractivity contribution in [3.05, 3.63) is 81.7 Å². The first-order valence-corrected chi connectivity index (χ1v) is 14.0. The predicted octanol–water partition coefficient (Wildman–Crippen LogP) is -0.488. The Morgan fingerprint density at radius 1 is 0.886 bits per heavy atom. The molecule has 0 saturated carbocycles. The number of imide groups is 2. The number of ether oxygens (including phenoxy) is 1. The van der Waals surface area contributed by atoms with Crippen LogP contribution in [0.25, 0.3) is 11.0 Å². The number of aliphatic hydroxyl groups excluding tert-OH is 4. The Morgan fingerprint density at radius 3 is 2.27 bits per heavy atom. The maximum absolute atomic E-state index is 12.9. The maximum atomic E-state index is 12.9. The topological polar surface area (TPSA) is 225 Å². The SMILES string of the molecule is O=C1NC(=O)C(CCCCNC(=O)c2cc3ccc([C@@H]4O[C@H](CO)[C@H](O)[C@H](O)[C@H]4O)cc3oc2=O)(c2ccccc2)C(=O)N1. The summed E-state index contributed by atoms with van der Waals surface area (Å²) < 4.78 is 10.9. The van der Waals surface area contributed by atoms with Crippen molar-refractivity contribution >= 4 is 34.7 Å². The highest BCUT2D eigenvalue weighted by molar-refractivity contribution is 6.22. The average molecular weight is 610 g/mol. The molecule has 2 aromatic carbocycles. The van der Waals surface area contributed by atoms with E-state index in [9.17, 15) is 44.4 Å². The van der Waals surface area contributed by atoms with Crippen LogP contribution in [0.2, 0.25) is 0 Å². The van der Waals surface area contributed by atoms with E-state index in [1.54, 1.807) is 30.3 Å². The van der Waals surface area contributed by atoms with E-state index in [0.29, 0.717) is 29.4 Å². The van der Waals surface area contributed by atoms with Crippen molar-refractivity contribution in [2.45, 2.75) is 55.2 Å². The Kier molecular flexibility index (Phi) is 8.90. The van der Waals surface area contributed by atoms with Crippen molar-refractivity contribution in [2.75, 3.05) is 13.2 Å². The number of amides is 5. The van der Waals surface area contributed by atoms with Crippen molar-refractivity contribution in [2.24, 2.45) is 0 Å². The molecule has 14 nitrogen and oxygen atoms in total. The van der Waals surface area contributed by atoms with Crippen LogP contribution in [0.4, 0.5) is 4.79 Å². The molecule has 44 heavy (non-hydrogen) atoms. The first-order chi connectivity index (χ1) is 21.1. The molecule has 0 radical (unpaired) electrons. The molecule has 2 fully saturated rings. The van der Waals surface area contributed by atoms with E-state index in [2.05, 4.69) is 16.0 Å². The first-order valence-electron chi connectivity index (χ1n) is 14.0. The fourth-order valence-electron chi connectivity index (χ4n) is 5.56. The molecule has 14 heteroatoms. The van der Waals surface area contributed by atoms with Crippen LogP contribution in [-0.4, -0.2) is 81.7 Å². The van der Waals surface area contributed by atoms with Gasteiger partial charge in [-0.2, -0.15) is 0 Å². The molecule has 1 aromatic heterocycles. The zero-order valence-electron chi connectivity index (χ0n) is 23.3. The number of rotatable bonds is 9. The number of fused-ring (bicyclic) bond motifs is 1. The van der Waals surface area contributed by atoms with E-state index in [-0.39, 0.29) is 24.1 Å². The summed E-state index contributed by atoms with van der Waals surface area (Å²) in [6.45, 7) is -0.485. The lowest BCUT2D eigenvalue weighted by atomic mass is 9.73. The largest absolute Gasteiger partial charge is 0.422 e. The fourth-order valence-corrected chi connectivity index (χ4v) is 5.56. The van der Waals surface area contributed by atoms with E-state index in [4.69, 9.17) is 9.15 Å². The van der Waals surface area contributed by atoms with Crippen LogP contribution in [0.15, 0.2) is 63.8 Å². The molecule has 5 rings (SSSR count). The molecule has 3 aromatic rings. The smallest absolute Gasteiger partial charge is 0.349 e. The Bertz CT molecular complexity index is 1620. The Morgan fingerprint density at radius 2 is 1.59 bits per heavy atom. The van der Waals surface area contributed by atoms with Gasteiger partial charge in [0.05, 0.1) is 6.61 Å². The molecular weight excluding hydrogens is 578 g/mol. The van der Waals surface area contributed by atoms with Gasteiger partial charge in [0.15, 0.2) is 5.41 Å². The van der Waals surface area contributed by atoms with Gasteiger partial charge in [0.2, 0.25) is 11.8 Å². The second-order valence-electron chi connectivity index (χ2n) is 10.7. The van der Waals surface area contributed by atoms with Crippen molar-refractivity contribution in [3.8, 4) is 0 Å². The fraction of sp³-hybridized carbons (Fsp3) is 0.367. The number of benzene rings is 2. The number of hydrogen-bond donors (Lipinski definition) is 7. The Labute approximate surface area is 249 Å². The summed E-state index contributed by atoms with van der Waals surface area (Å²) >= 11 is 0. The van der Waals surface area contributed by atoms with Gasteiger partial charge in [-0.15, -0.1) is 0 Å². The molecule has 0 spiro atoms. The van der Waals surface area contributed by atoms with Crippen LogP contribution in [-0.2, 0) is 19.7 Å². The van der Waals surface area contributed by atoms with Crippen LogP contribution < -0.4 is 21.6 Å². The van der Waals surface area contributed by atoms with Gasteiger partial charge >= 0.3 is 11.7 Å². The van der Waals surface area contributed by atoms with Gasteiger partial charge in [-0.3, -0.25) is 25.0 Å². The van der Waals surface area contributed by atoms with E-state index >= 15 is 0 Å². The molecule has 232 valence electrons. The molecular formula is C30H31N3O11. The van der Waals surface area contributed by atoms with Crippen LogP contribution in [0.3, 0.4) is 0 Å². The highest BCUT2D eigenvalue weighted by Gasteiger charge is 2.51. The standard InChI is InChI=1S/C30H31N3O11/c34-14-20-21(35)22(36)23(37)24(43-20)16-9-8-15-12-18(26(39)44-19(15)13-16)25(38)31-11-5-4-10-30(17-6-2-1-3-7-17)27(40)32-29(42)33-28(30)41/h1-3,6-9,12-13,20-24,34-37H,4-5,10-11,14H2,(H,31,38)(H2,32,33,40,41,42)/t20-,21+,22+,23-,24+/m1/s1. The lowest BCUT2D eigenvalue weighted by Crippen LogP contribution is -2.64. The summed E-state index contributed by atoms with van der Waals surface area (Å²) in [6, 6.07) is 13.3. The van der Waals surface area contributed by atoms with Crippen LogP contribution in [0.1, 0.15) is 46.9 Å². The molecule has 0 unspecified atom stereocenters. The zero-order valence-corrected chi connectivity index (χ0v) is 23.3. The number of urea groups is 1. The van der Waals surface area contributed by atoms with Crippen LogP contribution in [0, 0.1) is 0 Å². The number of hydrogen-bond acceptors (Lipinski definition) is 11. The van der Waals surface area contributed by atoms with Gasteiger partial charge in [-0.1, -0.05) is 42.5 Å². The number of barbiturate groups is 1. The third kappa shape index (κ3) is 5.73. The Hall–Kier alpha value is -4.47. The number of carbonyl (C=O) groups is 4. The maximum Gasteiger partial charge on any atom is 0.349 e. The molecule has 5 atom stereocenters. The average Bonchev–Trinajstić information content (AvgIpc) is 3.01. The molecule has 2 aliphatic rings. The minimum Gasteiger partial charge on any atom is -0.422 e. The number of unbranched alkanes of at least 4 members (excludes halogenated alkanes) is 1. The van der Waals surface area contributed by atoms with Crippen molar-refractivity contribution in [1.29, 1.82) is 0 Å². The van der Waals surface area contributed by atoms with E-state index in [1.807, 2.05) is 0 Å². The summed E-state index contributed by atoms with van der Waals surface area (Å²) in [5.41, 5.74) is -1.99. The third-order valence-corrected chi connectivity index (χ3v) is 7.99. The van der Waals surface area contributed by atoms with Crippen LogP contribution >= 0.6 is 0 Å². The summed E-state index contributed by atoms with van der Waals surface area (Å²) in [4.78, 5) is 62.9. The summed E-state index contributed by atoms with van der Waals surface area (Å²) in [5, 5.41) is 47.3. The number of carbonyl (C=O) groups excluding carboxylic acids is 4. The molecule has 2 saturated heterocycles. The third-order valence-electron chi connectivity index (χ3n) is 7.99. The molecule has 0 bridgehead atoms. The van der Waals surface area contributed by atoms with Gasteiger partial charge in [0, 0.05) is 11.9 Å². The van der Waals surface area contributed by atoms with Gasteiger partial charge < -0.3 is 34.9 Å². The molecule has 0 aliphatic carbocycles. The predicted molar refractivity (Wildman–Crippen MR) is 151 cm³/mol. The number of nitrogens with one attached hydrogen (secondary N) is 3. The zero-order chi connectivity index (χ0) is 31.6. The minimum absolute atomic E-state index is 0.0622. The molecule has 7 N–H and O–H groups in total. The summed E-state index contributed by atoms with van der Waals surface area (Å²) in [7, 11) is 0. The second-order valence-corrected chi connectivity index (χ2v) is 10.7. The highest BCUT2D eigenvalue weighted by Crippen LogP contribution is 2.34. The van der Waals surface area contributed by atoms with Gasteiger partial charge in [-0.25, -0.2) is 9.59 Å². The summed E-state index contributed by atoms with van der Waals surface area (Å²) in [5.74, 6) is -2.16. The second kappa shape index (κ2) is 12.6. The highest BCUT2D eigenvalue weighted by atomic mass is 16.5. The molecule has 3 heterocycles. The lowest BCUT2D eigenvalue weighted by molar-refractivity contribution is -0.231. The van der Waals surface area contributed by atoms with Crippen molar-refractivity contribution in [3.63, 3.8) is 0 Å². The number of aliphatic hydroxyl groups is 4. The van der Waals surface area contributed by atoms with E-state index < -0.39 is 71.9 Å².